The summed E-state index contributed by atoms with van der Waals surface area (Å²) in [7, 11) is -5.76. The van der Waals surface area contributed by atoms with Gasteiger partial charge in [0.25, 0.3) is 0 Å². The summed E-state index contributed by atoms with van der Waals surface area (Å²) >= 11 is 0. The van der Waals surface area contributed by atoms with Gasteiger partial charge in [0.15, 0.2) is 0 Å². The highest BCUT2D eigenvalue weighted by Gasteiger charge is 2.14. The minimum absolute atomic E-state index is 0.182. The molecular formula is C10H17N3O4S2. The van der Waals surface area contributed by atoms with Gasteiger partial charge in [-0.25, -0.2) is 26.3 Å². The molecule has 1 rings (SSSR count). The summed E-state index contributed by atoms with van der Waals surface area (Å²) in [5.74, 6) is -0.591. The molecule has 0 aromatic heterocycles. The van der Waals surface area contributed by atoms with E-state index < -0.39 is 20.0 Å². The van der Waals surface area contributed by atoms with Crippen molar-refractivity contribution >= 4 is 25.7 Å². The predicted molar refractivity (Wildman–Crippen MR) is 74.3 cm³/mol. The van der Waals surface area contributed by atoms with E-state index in [2.05, 4.69) is 9.44 Å². The zero-order chi connectivity index (χ0) is 14.5. The molecule has 108 valence electrons. The van der Waals surface area contributed by atoms with E-state index in [-0.39, 0.29) is 18.1 Å². The number of nitrogens with one attached hydrogen (secondary N) is 2. The van der Waals surface area contributed by atoms with E-state index >= 15 is 0 Å². The van der Waals surface area contributed by atoms with Gasteiger partial charge in [-0.1, -0.05) is 18.2 Å². The van der Waals surface area contributed by atoms with Crippen molar-refractivity contribution in [2.24, 2.45) is 0 Å². The molecule has 7 nitrogen and oxygen atoms in total. The average molecular weight is 307 g/mol. The molecule has 0 atom stereocenters. The van der Waals surface area contributed by atoms with Crippen molar-refractivity contribution in [2.45, 2.75) is 5.75 Å². The number of sulfonamides is 2. The topological polar surface area (TPSA) is 118 Å². The van der Waals surface area contributed by atoms with Crippen LogP contribution in [0.4, 0.5) is 5.69 Å². The number of para-hydroxylation sites is 1. The van der Waals surface area contributed by atoms with Crippen molar-refractivity contribution in [2.75, 3.05) is 25.1 Å². The molecule has 9 heteroatoms. The number of nitrogens with two attached hydrogens (primary N) is 1. The molecule has 0 radical (unpaired) electrons. The molecular weight excluding hydrogens is 290 g/mol. The fourth-order valence-corrected chi connectivity index (χ4v) is 3.25. The van der Waals surface area contributed by atoms with Crippen LogP contribution in [0.25, 0.3) is 0 Å². The van der Waals surface area contributed by atoms with Crippen LogP contribution < -0.4 is 15.2 Å². The SMILES string of the molecule is CNS(=O)(=O)CCNS(=O)(=O)Cc1ccccc1N. The molecule has 0 saturated carbocycles. The molecule has 0 amide bonds. The highest BCUT2D eigenvalue weighted by molar-refractivity contribution is 7.90. The first-order chi connectivity index (χ1) is 8.76. The lowest BCUT2D eigenvalue weighted by molar-refractivity contribution is 0.578. The summed E-state index contributed by atoms with van der Waals surface area (Å²) in [5, 5.41) is 0. The van der Waals surface area contributed by atoms with Gasteiger partial charge in [0.2, 0.25) is 20.0 Å². The monoisotopic (exact) mass is 307 g/mol. The number of nitrogen functional groups attached to an aromatic ring is 1. The highest BCUT2D eigenvalue weighted by Crippen LogP contribution is 2.13. The van der Waals surface area contributed by atoms with E-state index in [4.69, 9.17) is 5.73 Å². The molecule has 0 heterocycles. The molecule has 0 aliphatic carbocycles. The number of benzene rings is 1. The summed E-state index contributed by atoms with van der Waals surface area (Å²) in [6.45, 7) is -0.182. The fraction of sp³-hybridized carbons (Fsp3) is 0.400. The first kappa shape index (κ1) is 15.9. The largest absolute Gasteiger partial charge is 0.398 e. The Hall–Kier alpha value is -1.16. The van der Waals surface area contributed by atoms with Gasteiger partial charge in [0, 0.05) is 12.2 Å². The minimum atomic E-state index is -3.61. The van der Waals surface area contributed by atoms with Gasteiger partial charge in [-0.05, 0) is 18.7 Å². The fourth-order valence-electron chi connectivity index (χ4n) is 1.35. The molecule has 0 unspecified atom stereocenters. The predicted octanol–water partition coefficient (Wildman–Crippen LogP) is -0.763. The Morgan fingerprint density at radius 3 is 2.32 bits per heavy atom. The third-order valence-corrected chi connectivity index (χ3v) is 5.10. The van der Waals surface area contributed by atoms with E-state index in [1.54, 1.807) is 24.3 Å². The molecule has 0 spiro atoms. The minimum Gasteiger partial charge on any atom is -0.398 e. The number of hydrogen-bond donors (Lipinski definition) is 3. The quantitative estimate of drug-likeness (QED) is 0.572. The lowest BCUT2D eigenvalue weighted by Gasteiger charge is -2.08. The number of hydrogen-bond acceptors (Lipinski definition) is 5. The van der Waals surface area contributed by atoms with Gasteiger partial charge in [-0.2, -0.15) is 0 Å². The normalized spacial score (nSPS) is 12.5. The van der Waals surface area contributed by atoms with Gasteiger partial charge in [-0.15, -0.1) is 0 Å². The molecule has 1 aromatic rings. The highest BCUT2D eigenvalue weighted by atomic mass is 32.2. The zero-order valence-electron chi connectivity index (χ0n) is 10.5. The van der Waals surface area contributed by atoms with Crippen LogP contribution in [0.15, 0.2) is 24.3 Å². The summed E-state index contributed by atoms with van der Waals surface area (Å²) in [6, 6.07) is 6.61. The van der Waals surface area contributed by atoms with Crippen LogP contribution in [0, 0.1) is 0 Å². The first-order valence-electron chi connectivity index (χ1n) is 5.48. The van der Waals surface area contributed by atoms with Crippen LogP contribution in [0.1, 0.15) is 5.56 Å². The second-order valence-electron chi connectivity index (χ2n) is 3.88. The van der Waals surface area contributed by atoms with Crippen LogP contribution in [0.2, 0.25) is 0 Å². The Bertz CT molecular complexity index is 626. The van der Waals surface area contributed by atoms with Crippen molar-refractivity contribution in [3.8, 4) is 0 Å². The van der Waals surface area contributed by atoms with Crippen LogP contribution >= 0.6 is 0 Å². The number of anilines is 1. The summed E-state index contributed by atoms with van der Waals surface area (Å²) in [4.78, 5) is 0. The Kier molecular flexibility index (Phi) is 5.29. The Balaban J connectivity index is 2.61. The Morgan fingerprint density at radius 2 is 1.74 bits per heavy atom. The van der Waals surface area contributed by atoms with Crippen molar-refractivity contribution in [3.05, 3.63) is 29.8 Å². The van der Waals surface area contributed by atoms with E-state index in [1.807, 2.05) is 0 Å². The van der Waals surface area contributed by atoms with E-state index in [1.165, 1.54) is 7.05 Å². The van der Waals surface area contributed by atoms with Crippen LogP contribution in [-0.4, -0.2) is 36.2 Å². The Labute approximate surface area is 113 Å². The maximum atomic E-state index is 11.7. The van der Waals surface area contributed by atoms with Gasteiger partial charge in [0.1, 0.15) is 0 Å². The van der Waals surface area contributed by atoms with Gasteiger partial charge in [-0.3, -0.25) is 0 Å². The average Bonchev–Trinajstić information content (AvgIpc) is 2.31. The molecule has 0 aliphatic rings. The van der Waals surface area contributed by atoms with Crippen LogP contribution in [0.5, 0.6) is 0 Å². The van der Waals surface area contributed by atoms with E-state index in [0.29, 0.717) is 11.3 Å². The zero-order valence-corrected chi connectivity index (χ0v) is 12.1. The lowest BCUT2D eigenvalue weighted by Crippen LogP contribution is -2.33. The van der Waals surface area contributed by atoms with Crippen molar-refractivity contribution in [3.63, 3.8) is 0 Å². The molecule has 0 fully saturated rings. The van der Waals surface area contributed by atoms with Crippen LogP contribution in [-0.2, 0) is 25.8 Å². The second kappa shape index (κ2) is 6.33. The molecule has 0 saturated heterocycles. The molecule has 19 heavy (non-hydrogen) atoms. The first-order valence-corrected chi connectivity index (χ1v) is 8.78. The standard InChI is InChI=1S/C10H17N3O4S2/c1-12-18(14,15)7-6-13-19(16,17)8-9-4-2-3-5-10(9)11/h2-5,12-13H,6-8,11H2,1H3. The maximum Gasteiger partial charge on any atom is 0.215 e. The van der Waals surface area contributed by atoms with Crippen LogP contribution in [0.3, 0.4) is 0 Å². The third-order valence-electron chi connectivity index (χ3n) is 2.40. The van der Waals surface area contributed by atoms with Gasteiger partial charge < -0.3 is 5.73 Å². The summed E-state index contributed by atoms with van der Waals surface area (Å²) < 4.78 is 50.1. The van der Waals surface area contributed by atoms with Gasteiger partial charge >= 0.3 is 0 Å². The lowest BCUT2D eigenvalue weighted by atomic mass is 10.2. The smallest absolute Gasteiger partial charge is 0.215 e. The van der Waals surface area contributed by atoms with Crippen molar-refractivity contribution in [1.29, 1.82) is 0 Å². The third kappa shape index (κ3) is 5.55. The van der Waals surface area contributed by atoms with E-state index in [0.717, 1.165) is 0 Å². The summed E-state index contributed by atoms with van der Waals surface area (Å²) in [6.07, 6.45) is 0. The summed E-state index contributed by atoms with van der Waals surface area (Å²) in [5.41, 5.74) is 6.51. The second-order valence-corrected chi connectivity index (χ2v) is 7.73. The Morgan fingerprint density at radius 1 is 1.11 bits per heavy atom. The molecule has 4 N–H and O–H groups in total. The maximum absolute atomic E-state index is 11.7. The molecule has 0 bridgehead atoms. The molecule has 0 aliphatic heterocycles. The van der Waals surface area contributed by atoms with Crippen molar-refractivity contribution in [1.82, 2.24) is 9.44 Å². The van der Waals surface area contributed by atoms with E-state index in [9.17, 15) is 16.8 Å². The van der Waals surface area contributed by atoms with Gasteiger partial charge in [0.05, 0.1) is 11.5 Å². The molecule has 1 aromatic carbocycles. The number of rotatable bonds is 7. The van der Waals surface area contributed by atoms with Crippen molar-refractivity contribution < 1.29 is 16.8 Å².